The lowest BCUT2D eigenvalue weighted by Gasteiger charge is -2.13. The van der Waals surface area contributed by atoms with Gasteiger partial charge in [-0.25, -0.2) is 4.79 Å². The van der Waals surface area contributed by atoms with Gasteiger partial charge in [0.2, 0.25) is 0 Å². The number of carboxylic acids is 1. The molecule has 134 valence electrons. The van der Waals surface area contributed by atoms with E-state index in [1.165, 1.54) is 0 Å². The molecule has 6 heteroatoms. The van der Waals surface area contributed by atoms with Crippen molar-refractivity contribution in [2.45, 2.75) is 26.9 Å². The second-order valence-corrected chi connectivity index (χ2v) is 6.42. The summed E-state index contributed by atoms with van der Waals surface area (Å²) in [5.74, 6) is -0.498. The molecule has 0 saturated heterocycles. The molecule has 0 spiro atoms. The second-order valence-electron chi connectivity index (χ2n) is 6.01. The average molecular weight is 373 g/mol. The Bertz CT molecular complexity index is 1050. The van der Waals surface area contributed by atoms with E-state index in [-0.39, 0.29) is 18.6 Å². The van der Waals surface area contributed by atoms with E-state index in [0.717, 1.165) is 5.56 Å². The van der Waals surface area contributed by atoms with Gasteiger partial charge in [-0.05, 0) is 37.6 Å². The van der Waals surface area contributed by atoms with Crippen LogP contribution in [-0.4, -0.2) is 11.1 Å². The number of aliphatic carboxylic acids is 1. The molecular formula is C20H17ClO5. The van der Waals surface area contributed by atoms with Crippen LogP contribution in [0.1, 0.15) is 22.3 Å². The monoisotopic (exact) mass is 372 g/mol. The third kappa shape index (κ3) is 3.44. The first-order valence-electron chi connectivity index (χ1n) is 8.02. The van der Waals surface area contributed by atoms with Crippen LogP contribution in [0.5, 0.6) is 5.75 Å². The normalized spacial score (nSPS) is 10.9. The van der Waals surface area contributed by atoms with E-state index in [1.807, 2.05) is 18.2 Å². The van der Waals surface area contributed by atoms with Crippen molar-refractivity contribution in [2.75, 3.05) is 0 Å². The number of carbonyl (C=O) groups is 1. The summed E-state index contributed by atoms with van der Waals surface area (Å²) < 4.78 is 11.2. The highest BCUT2D eigenvalue weighted by Crippen LogP contribution is 2.30. The Morgan fingerprint density at radius 2 is 1.88 bits per heavy atom. The van der Waals surface area contributed by atoms with E-state index in [9.17, 15) is 9.59 Å². The lowest BCUT2D eigenvalue weighted by Crippen LogP contribution is -2.15. The molecule has 5 nitrogen and oxygen atoms in total. The first kappa shape index (κ1) is 18.0. The molecule has 0 aliphatic carbocycles. The van der Waals surface area contributed by atoms with Gasteiger partial charge in [0.1, 0.15) is 17.9 Å². The number of hydrogen-bond donors (Lipinski definition) is 1. The molecule has 0 aliphatic rings. The van der Waals surface area contributed by atoms with Gasteiger partial charge < -0.3 is 14.3 Å². The molecule has 0 saturated carbocycles. The van der Waals surface area contributed by atoms with Crippen molar-refractivity contribution in [3.63, 3.8) is 0 Å². The average Bonchev–Trinajstić information content (AvgIpc) is 2.60. The van der Waals surface area contributed by atoms with E-state index in [0.29, 0.717) is 32.9 Å². The van der Waals surface area contributed by atoms with Gasteiger partial charge in [-0.1, -0.05) is 29.8 Å². The fourth-order valence-electron chi connectivity index (χ4n) is 2.85. The predicted molar refractivity (Wildman–Crippen MR) is 99.1 cm³/mol. The number of fused-ring (bicyclic) bond motifs is 1. The van der Waals surface area contributed by atoms with Gasteiger partial charge in [-0.2, -0.15) is 0 Å². The quantitative estimate of drug-likeness (QED) is 0.677. The van der Waals surface area contributed by atoms with Crippen LogP contribution in [0.15, 0.2) is 45.6 Å². The Balaban J connectivity index is 1.99. The molecule has 3 aromatic rings. The molecule has 2 aromatic carbocycles. The van der Waals surface area contributed by atoms with Crippen molar-refractivity contribution in [2.24, 2.45) is 0 Å². The molecule has 1 heterocycles. The molecule has 1 N–H and O–H groups in total. The van der Waals surface area contributed by atoms with Crippen LogP contribution < -0.4 is 10.4 Å². The molecule has 0 aliphatic heterocycles. The molecule has 26 heavy (non-hydrogen) atoms. The summed E-state index contributed by atoms with van der Waals surface area (Å²) in [4.78, 5) is 23.2. The molecular weight excluding hydrogens is 356 g/mol. The molecule has 3 rings (SSSR count). The van der Waals surface area contributed by atoms with Gasteiger partial charge in [0.05, 0.1) is 12.0 Å². The third-order valence-electron chi connectivity index (χ3n) is 4.32. The first-order chi connectivity index (χ1) is 12.4. The lowest BCUT2D eigenvalue weighted by atomic mass is 10.0. The van der Waals surface area contributed by atoms with Crippen LogP contribution in [0, 0.1) is 13.8 Å². The maximum absolute atomic E-state index is 12.2. The molecule has 1 aromatic heterocycles. The van der Waals surface area contributed by atoms with E-state index in [1.54, 1.807) is 32.0 Å². The number of carboxylic acid groups (broad SMARTS) is 1. The van der Waals surface area contributed by atoms with Crippen molar-refractivity contribution in [1.82, 2.24) is 0 Å². The molecule has 0 atom stereocenters. The summed E-state index contributed by atoms with van der Waals surface area (Å²) in [5, 5.41) is 10.3. The fraction of sp³-hybridized carbons (Fsp3) is 0.200. The number of hydrogen-bond acceptors (Lipinski definition) is 4. The minimum absolute atomic E-state index is 0.161. The summed E-state index contributed by atoms with van der Waals surface area (Å²) in [6, 6.07) is 10.9. The Morgan fingerprint density at radius 1 is 1.15 bits per heavy atom. The Morgan fingerprint density at radius 3 is 2.58 bits per heavy atom. The SMILES string of the molecule is Cc1c(CC(=O)O)c(=O)oc2c(C)c(OCc3ccccc3Cl)ccc12. The van der Waals surface area contributed by atoms with Crippen molar-refractivity contribution >= 4 is 28.5 Å². The van der Waals surface area contributed by atoms with Gasteiger partial charge in [-0.3, -0.25) is 4.79 Å². The predicted octanol–water partition coefficient (Wildman–Crippen LogP) is 4.27. The van der Waals surface area contributed by atoms with Crippen LogP contribution in [0.3, 0.4) is 0 Å². The Hall–Kier alpha value is -2.79. The number of halogens is 1. The van der Waals surface area contributed by atoms with Crippen molar-refractivity contribution < 1.29 is 19.1 Å². The van der Waals surface area contributed by atoms with Crippen molar-refractivity contribution in [1.29, 1.82) is 0 Å². The molecule has 0 fully saturated rings. The van der Waals surface area contributed by atoms with Gasteiger partial charge in [0.15, 0.2) is 0 Å². The maximum atomic E-state index is 12.2. The van der Waals surface area contributed by atoms with E-state index < -0.39 is 11.6 Å². The lowest BCUT2D eigenvalue weighted by molar-refractivity contribution is -0.136. The van der Waals surface area contributed by atoms with E-state index in [4.69, 9.17) is 25.9 Å². The summed E-state index contributed by atoms with van der Waals surface area (Å²) in [5.41, 5.74) is 2.07. The van der Waals surface area contributed by atoms with Gasteiger partial charge in [0.25, 0.3) is 0 Å². The molecule has 0 amide bonds. The minimum atomic E-state index is -1.07. The highest BCUT2D eigenvalue weighted by atomic mass is 35.5. The number of ether oxygens (including phenoxy) is 1. The van der Waals surface area contributed by atoms with Crippen LogP contribution >= 0.6 is 11.6 Å². The number of aryl methyl sites for hydroxylation is 2. The molecule has 0 unspecified atom stereocenters. The summed E-state index contributed by atoms with van der Waals surface area (Å²) in [7, 11) is 0. The molecule has 0 bridgehead atoms. The highest BCUT2D eigenvalue weighted by molar-refractivity contribution is 6.31. The summed E-state index contributed by atoms with van der Waals surface area (Å²) in [6.07, 6.45) is -0.367. The van der Waals surface area contributed by atoms with Gasteiger partial charge in [-0.15, -0.1) is 0 Å². The summed E-state index contributed by atoms with van der Waals surface area (Å²) in [6.45, 7) is 3.80. The smallest absolute Gasteiger partial charge is 0.340 e. The third-order valence-corrected chi connectivity index (χ3v) is 4.69. The van der Waals surface area contributed by atoms with Gasteiger partial charge in [0, 0.05) is 21.5 Å². The zero-order valence-electron chi connectivity index (χ0n) is 14.3. The highest BCUT2D eigenvalue weighted by Gasteiger charge is 2.17. The van der Waals surface area contributed by atoms with Crippen LogP contribution in [0.25, 0.3) is 11.0 Å². The largest absolute Gasteiger partial charge is 0.488 e. The van der Waals surface area contributed by atoms with Crippen LogP contribution in [0.4, 0.5) is 0 Å². The van der Waals surface area contributed by atoms with E-state index >= 15 is 0 Å². The van der Waals surface area contributed by atoms with Gasteiger partial charge >= 0.3 is 11.6 Å². The second kappa shape index (κ2) is 7.22. The van der Waals surface area contributed by atoms with E-state index in [2.05, 4.69) is 0 Å². The van der Waals surface area contributed by atoms with Crippen molar-refractivity contribution in [3.8, 4) is 5.75 Å². The topological polar surface area (TPSA) is 76.7 Å². The number of benzene rings is 2. The zero-order valence-corrected chi connectivity index (χ0v) is 15.1. The summed E-state index contributed by atoms with van der Waals surface area (Å²) >= 11 is 6.14. The van der Waals surface area contributed by atoms with Crippen molar-refractivity contribution in [3.05, 3.63) is 74.1 Å². The fourth-order valence-corrected chi connectivity index (χ4v) is 3.04. The minimum Gasteiger partial charge on any atom is -0.488 e. The zero-order chi connectivity index (χ0) is 18.8. The van der Waals surface area contributed by atoms with Crippen LogP contribution in [0.2, 0.25) is 5.02 Å². The Kier molecular flexibility index (Phi) is 5.00. The standard InChI is InChI=1S/C20H17ClO5/c1-11-14-7-8-17(25-10-13-5-3-4-6-16(13)21)12(2)19(14)26-20(24)15(11)9-18(22)23/h3-8H,9-10H2,1-2H3,(H,22,23). The van der Waals surface area contributed by atoms with Crippen LogP contribution in [-0.2, 0) is 17.8 Å². The maximum Gasteiger partial charge on any atom is 0.340 e. The Labute approximate surface area is 154 Å². The molecule has 0 radical (unpaired) electrons. The number of rotatable bonds is 5. The first-order valence-corrected chi connectivity index (χ1v) is 8.40.